The van der Waals surface area contributed by atoms with E-state index < -0.39 is 28.2 Å². The van der Waals surface area contributed by atoms with E-state index in [1.165, 1.54) is 38.5 Å². The summed E-state index contributed by atoms with van der Waals surface area (Å²) in [5, 5.41) is -0.425. The molecular formula is C22H13ClO6. The smallest absolute Gasteiger partial charge is 0.229 e. The van der Waals surface area contributed by atoms with Gasteiger partial charge in [0.1, 0.15) is 10.8 Å². The Bertz CT molecular complexity index is 1200. The van der Waals surface area contributed by atoms with Crippen molar-refractivity contribution in [1.82, 2.24) is 0 Å². The van der Waals surface area contributed by atoms with Crippen molar-refractivity contribution in [2.24, 2.45) is 0 Å². The zero-order valence-electron chi connectivity index (χ0n) is 15.4. The highest BCUT2D eigenvalue weighted by Gasteiger charge is 2.42. The van der Waals surface area contributed by atoms with Gasteiger partial charge in [0, 0.05) is 22.3 Å². The van der Waals surface area contributed by atoms with Gasteiger partial charge in [-0.15, -0.1) is 0 Å². The van der Waals surface area contributed by atoms with Gasteiger partial charge in [-0.25, -0.2) is 0 Å². The molecule has 0 unspecified atom stereocenters. The minimum Gasteiger partial charge on any atom is -0.497 e. The number of ketones is 4. The molecule has 0 atom stereocenters. The number of benzene rings is 2. The molecule has 29 heavy (non-hydrogen) atoms. The number of fused-ring (bicyclic) bond motifs is 2. The second-order valence-electron chi connectivity index (χ2n) is 6.37. The maximum absolute atomic E-state index is 13.3. The average molecular weight is 409 g/mol. The first-order valence-corrected chi connectivity index (χ1v) is 8.92. The largest absolute Gasteiger partial charge is 0.497 e. The molecule has 0 N–H and O–H groups in total. The molecule has 7 heteroatoms. The van der Waals surface area contributed by atoms with Gasteiger partial charge in [-0.2, -0.15) is 0 Å². The van der Waals surface area contributed by atoms with Gasteiger partial charge >= 0.3 is 0 Å². The summed E-state index contributed by atoms with van der Waals surface area (Å²) in [5.41, 5.74) is -0.251. The number of hydrogen-bond donors (Lipinski definition) is 0. The summed E-state index contributed by atoms with van der Waals surface area (Å²) < 4.78 is 10.3. The number of halogens is 1. The Labute approximate surface area is 170 Å². The summed E-state index contributed by atoms with van der Waals surface area (Å²) in [4.78, 5) is 52.1. The maximum Gasteiger partial charge on any atom is 0.229 e. The average Bonchev–Trinajstić information content (AvgIpc) is 2.75. The van der Waals surface area contributed by atoms with Crippen molar-refractivity contribution in [2.45, 2.75) is 0 Å². The number of methoxy groups -OCH3 is 2. The van der Waals surface area contributed by atoms with E-state index in [9.17, 15) is 19.2 Å². The van der Waals surface area contributed by atoms with Crippen LogP contribution >= 0.6 is 11.6 Å². The second kappa shape index (κ2) is 6.83. The first-order chi connectivity index (χ1) is 13.9. The third kappa shape index (κ3) is 2.64. The fourth-order valence-corrected chi connectivity index (χ4v) is 3.78. The molecule has 0 bridgehead atoms. The molecule has 0 radical (unpaired) electrons. The summed E-state index contributed by atoms with van der Waals surface area (Å²) in [7, 11) is 2.64. The van der Waals surface area contributed by atoms with Crippen molar-refractivity contribution in [3.63, 3.8) is 0 Å². The highest BCUT2D eigenvalue weighted by atomic mass is 35.5. The SMILES string of the molecule is COC1=C(C2=C(Cl)C(=O)c3ccccc3C2=O)C(=O)c2cc(OC)ccc2C1=O. The molecule has 0 amide bonds. The molecule has 4 rings (SSSR count). The zero-order chi connectivity index (χ0) is 20.9. The summed E-state index contributed by atoms with van der Waals surface area (Å²) in [6, 6.07) is 10.5. The van der Waals surface area contributed by atoms with Crippen LogP contribution in [0.15, 0.2) is 64.4 Å². The Morgan fingerprint density at radius 2 is 1.24 bits per heavy atom. The summed E-state index contributed by atoms with van der Waals surface area (Å²) in [5.74, 6) is -2.43. The van der Waals surface area contributed by atoms with E-state index in [0.717, 1.165) is 0 Å². The van der Waals surface area contributed by atoms with Gasteiger partial charge in [0.15, 0.2) is 17.3 Å². The number of carbonyl (C=O) groups is 4. The van der Waals surface area contributed by atoms with Gasteiger partial charge in [-0.1, -0.05) is 35.9 Å². The monoisotopic (exact) mass is 408 g/mol. The van der Waals surface area contributed by atoms with Crippen LogP contribution in [0.5, 0.6) is 5.75 Å². The van der Waals surface area contributed by atoms with E-state index >= 15 is 0 Å². The molecule has 0 saturated carbocycles. The lowest BCUT2D eigenvalue weighted by atomic mass is 9.79. The molecule has 2 aromatic carbocycles. The number of allylic oxidation sites excluding steroid dienone is 4. The lowest BCUT2D eigenvalue weighted by Gasteiger charge is -2.24. The normalized spacial score (nSPS) is 16.1. The van der Waals surface area contributed by atoms with E-state index in [1.54, 1.807) is 18.2 Å². The van der Waals surface area contributed by atoms with Gasteiger partial charge < -0.3 is 9.47 Å². The summed E-state index contributed by atoms with van der Waals surface area (Å²) >= 11 is 6.24. The minimum atomic E-state index is -0.649. The fourth-order valence-electron chi connectivity index (χ4n) is 3.50. The van der Waals surface area contributed by atoms with Crippen LogP contribution in [0.25, 0.3) is 0 Å². The number of carbonyl (C=O) groups excluding carboxylic acids is 4. The van der Waals surface area contributed by atoms with Crippen molar-refractivity contribution < 1.29 is 28.7 Å². The third-order valence-electron chi connectivity index (χ3n) is 4.89. The highest BCUT2D eigenvalue weighted by Crippen LogP contribution is 2.39. The van der Waals surface area contributed by atoms with E-state index in [1.807, 2.05) is 0 Å². The lowest BCUT2D eigenvalue weighted by molar-refractivity contribution is 0.0900. The predicted molar refractivity (Wildman–Crippen MR) is 104 cm³/mol. The molecule has 2 aliphatic carbocycles. The van der Waals surface area contributed by atoms with E-state index in [2.05, 4.69) is 0 Å². The maximum atomic E-state index is 13.3. The molecule has 0 aromatic heterocycles. The fraction of sp³-hybridized carbons (Fsp3) is 0.0909. The topological polar surface area (TPSA) is 86.7 Å². The molecule has 6 nitrogen and oxygen atoms in total. The van der Waals surface area contributed by atoms with Crippen LogP contribution in [0.1, 0.15) is 41.4 Å². The predicted octanol–water partition coefficient (Wildman–Crippen LogP) is 3.55. The van der Waals surface area contributed by atoms with Crippen molar-refractivity contribution in [3.05, 3.63) is 86.7 Å². The van der Waals surface area contributed by atoms with Crippen LogP contribution in [0.3, 0.4) is 0 Å². The van der Waals surface area contributed by atoms with Crippen molar-refractivity contribution in [3.8, 4) is 5.75 Å². The van der Waals surface area contributed by atoms with Gasteiger partial charge in [0.2, 0.25) is 11.6 Å². The first kappa shape index (κ1) is 18.8. The van der Waals surface area contributed by atoms with Crippen LogP contribution in [0.4, 0.5) is 0 Å². The summed E-state index contributed by atoms with van der Waals surface area (Å²) in [6.45, 7) is 0. The Morgan fingerprint density at radius 1 is 0.655 bits per heavy atom. The summed E-state index contributed by atoms with van der Waals surface area (Å²) in [6.07, 6.45) is 0. The Hall–Kier alpha value is -3.51. The molecule has 2 aromatic rings. The van der Waals surface area contributed by atoms with Crippen molar-refractivity contribution in [1.29, 1.82) is 0 Å². The van der Waals surface area contributed by atoms with Crippen LogP contribution in [0.2, 0.25) is 0 Å². The van der Waals surface area contributed by atoms with Crippen LogP contribution in [-0.2, 0) is 4.74 Å². The second-order valence-corrected chi connectivity index (χ2v) is 6.75. The van der Waals surface area contributed by atoms with E-state index in [4.69, 9.17) is 21.1 Å². The van der Waals surface area contributed by atoms with Gasteiger partial charge in [0.05, 0.1) is 25.4 Å². The number of hydrogen-bond acceptors (Lipinski definition) is 6. The molecule has 0 spiro atoms. The lowest BCUT2D eigenvalue weighted by Crippen LogP contribution is -2.29. The molecule has 0 fully saturated rings. The minimum absolute atomic E-state index is 0.0428. The van der Waals surface area contributed by atoms with Gasteiger partial charge in [0.25, 0.3) is 0 Å². The zero-order valence-corrected chi connectivity index (χ0v) is 16.1. The highest BCUT2D eigenvalue weighted by molar-refractivity contribution is 6.52. The standard InChI is InChI=1S/C22H13ClO6/c1-28-10-7-8-13-14(9-10)19(25)16(22(29-2)21(13)27)15-17(23)20(26)12-6-4-3-5-11(12)18(15)24/h3-9H,1-2H3. The van der Waals surface area contributed by atoms with Crippen LogP contribution in [0, 0.1) is 0 Å². The molecule has 0 saturated heterocycles. The Balaban J connectivity index is 1.99. The number of rotatable bonds is 3. The van der Waals surface area contributed by atoms with E-state index in [-0.39, 0.29) is 39.2 Å². The van der Waals surface area contributed by atoms with Crippen molar-refractivity contribution in [2.75, 3.05) is 14.2 Å². The van der Waals surface area contributed by atoms with Crippen molar-refractivity contribution >= 4 is 34.7 Å². The molecule has 144 valence electrons. The quantitative estimate of drug-likeness (QED) is 0.772. The Kier molecular flexibility index (Phi) is 4.43. The molecule has 0 heterocycles. The Morgan fingerprint density at radius 3 is 1.86 bits per heavy atom. The van der Waals surface area contributed by atoms with Crippen LogP contribution in [-0.4, -0.2) is 37.4 Å². The number of Topliss-reactive ketones (excluding diaryl/α,β-unsaturated/α-hetero) is 4. The van der Waals surface area contributed by atoms with Gasteiger partial charge in [-0.05, 0) is 18.2 Å². The molecule has 0 aliphatic heterocycles. The first-order valence-electron chi connectivity index (χ1n) is 8.55. The van der Waals surface area contributed by atoms with Gasteiger partial charge in [-0.3, -0.25) is 19.2 Å². The molecule has 2 aliphatic rings. The van der Waals surface area contributed by atoms with Crippen LogP contribution < -0.4 is 4.74 Å². The molecular weight excluding hydrogens is 396 g/mol. The number of ether oxygens (including phenoxy) is 2. The van der Waals surface area contributed by atoms with E-state index in [0.29, 0.717) is 5.75 Å². The third-order valence-corrected chi connectivity index (χ3v) is 5.25.